The summed E-state index contributed by atoms with van der Waals surface area (Å²) in [5.74, 6) is -1.02. The third-order valence-corrected chi connectivity index (χ3v) is 5.47. The average Bonchev–Trinajstić information content (AvgIpc) is 2.73. The first-order valence-electron chi connectivity index (χ1n) is 11.2. The molecule has 2 aromatic carbocycles. The molecule has 0 bridgehead atoms. The molecule has 0 aliphatic heterocycles. The van der Waals surface area contributed by atoms with Crippen LogP contribution >= 0.6 is 0 Å². The van der Waals surface area contributed by atoms with Crippen molar-refractivity contribution < 1.29 is 13.6 Å². The molecule has 0 heterocycles. The van der Waals surface area contributed by atoms with Crippen molar-refractivity contribution in [3.05, 3.63) is 57.1 Å². The maximum Gasteiger partial charge on any atom is 0.240 e. The molecular formula is C27H32F2N4O. The largest absolute Gasteiger partial charge is 0.398 e. The van der Waals surface area contributed by atoms with E-state index in [1.54, 1.807) is 19.9 Å². The second kappa shape index (κ2) is 12.1. The number of nitriles is 2. The Labute approximate surface area is 200 Å². The highest BCUT2D eigenvalue weighted by Gasteiger charge is 2.22. The Kier molecular flexibility index (Phi) is 10.1. The summed E-state index contributed by atoms with van der Waals surface area (Å²) < 4.78 is 28.1. The van der Waals surface area contributed by atoms with Crippen LogP contribution in [-0.2, 0) is 4.79 Å². The van der Waals surface area contributed by atoms with Crippen molar-refractivity contribution >= 4 is 17.5 Å². The second-order valence-electron chi connectivity index (χ2n) is 9.29. The molecule has 2 aromatic rings. The summed E-state index contributed by atoms with van der Waals surface area (Å²) in [5, 5.41) is 17.8. The van der Waals surface area contributed by atoms with Crippen molar-refractivity contribution in [2.24, 2.45) is 4.99 Å². The molecule has 0 aliphatic rings. The van der Waals surface area contributed by atoms with E-state index in [0.29, 0.717) is 28.1 Å². The van der Waals surface area contributed by atoms with Gasteiger partial charge in [0.2, 0.25) is 6.08 Å². The minimum absolute atomic E-state index is 0.00718. The molecule has 2 N–H and O–H groups in total. The molecule has 2 rings (SSSR count). The molecular weight excluding hydrogens is 434 g/mol. The first-order chi connectivity index (χ1) is 15.8. The molecule has 0 atom stereocenters. The van der Waals surface area contributed by atoms with Gasteiger partial charge < -0.3 is 5.73 Å². The Bertz CT molecular complexity index is 1180. The predicted molar refractivity (Wildman–Crippen MR) is 131 cm³/mol. The van der Waals surface area contributed by atoms with E-state index in [1.807, 2.05) is 53.7 Å². The highest BCUT2D eigenvalue weighted by atomic mass is 19.1. The number of hydrogen-bond acceptors (Lipinski definition) is 5. The van der Waals surface area contributed by atoms with Crippen LogP contribution in [-0.4, -0.2) is 6.08 Å². The van der Waals surface area contributed by atoms with E-state index in [1.165, 1.54) is 12.1 Å². The molecule has 0 aromatic heterocycles. The number of hydrogen-bond donors (Lipinski definition) is 1. The van der Waals surface area contributed by atoms with E-state index in [-0.39, 0.29) is 34.8 Å². The highest BCUT2D eigenvalue weighted by Crippen LogP contribution is 2.38. The van der Waals surface area contributed by atoms with Crippen molar-refractivity contribution in [2.45, 2.75) is 79.1 Å². The van der Waals surface area contributed by atoms with Crippen LogP contribution in [0.3, 0.4) is 0 Å². The van der Waals surface area contributed by atoms with E-state index >= 15 is 0 Å². The second-order valence-corrected chi connectivity index (χ2v) is 9.29. The lowest BCUT2D eigenvalue weighted by molar-refractivity contribution is 0.564. The lowest BCUT2D eigenvalue weighted by atomic mass is 9.90. The standard InChI is InChI=1S/C14H15FN2O.C13H17FN2/c1-8(2)11-5-10(6-16)13(15)12(9(3)4)14(11)17-7-18;1-7(2)10-5-9(6-15)12(14)11(8(3)4)13(10)16/h5,8-9H,1-4H3;5,7-8H,16H2,1-4H3. The molecule has 0 unspecified atom stereocenters. The van der Waals surface area contributed by atoms with Gasteiger partial charge in [0.15, 0.2) is 0 Å². The minimum Gasteiger partial charge on any atom is -0.398 e. The van der Waals surface area contributed by atoms with Crippen LogP contribution in [0.2, 0.25) is 0 Å². The molecule has 0 aliphatic carbocycles. The topological polar surface area (TPSA) is 103 Å². The van der Waals surface area contributed by atoms with E-state index in [0.717, 1.165) is 5.56 Å². The molecule has 180 valence electrons. The van der Waals surface area contributed by atoms with Gasteiger partial charge in [-0.1, -0.05) is 55.4 Å². The molecule has 0 fully saturated rings. The Hall–Kier alpha value is -3.54. The quantitative estimate of drug-likeness (QED) is 0.281. The summed E-state index contributed by atoms with van der Waals surface area (Å²) in [4.78, 5) is 14.1. The maximum absolute atomic E-state index is 14.1. The van der Waals surface area contributed by atoms with Gasteiger partial charge in [0, 0.05) is 16.8 Å². The summed E-state index contributed by atoms with van der Waals surface area (Å²) in [6.45, 7) is 15.1. The first kappa shape index (κ1) is 28.5. The number of halogens is 2. The van der Waals surface area contributed by atoms with Gasteiger partial charge in [0.25, 0.3) is 0 Å². The smallest absolute Gasteiger partial charge is 0.240 e. The lowest BCUT2D eigenvalue weighted by Gasteiger charge is -2.18. The van der Waals surface area contributed by atoms with Gasteiger partial charge in [0.05, 0.1) is 16.8 Å². The van der Waals surface area contributed by atoms with E-state index < -0.39 is 11.6 Å². The molecule has 0 amide bonds. The molecule has 5 nitrogen and oxygen atoms in total. The Morgan fingerprint density at radius 1 is 0.765 bits per heavy atom. The van der Waals surface area contributed by atoms with Crippen molar-refractivity contribution in [2.75, 3.05) is 5.73 Å². The number of anilines is 1. The first-order valence-corrected chi connectivity index (χ1v) is 11.2. The van der Waals surface area contributed by atoms with Gasteiger partial charge in [-0.2, -0.15) is 15.5 Å². The summed E-state index contributed by atoms with van der Waals surface area (Å²) in [5.41, 5.74) is 9.15. The number of nitrogens with zero attached hydrogens (tertiary/aromatic N) is 3. The fraction of sp³-hybridized carbons (Fsp3) is 0.444. The van der Waals surface area contributed by atoms with Crippen LogP contribution in [0.15, 0.2) is 17.1 Å². The number of carbonyl (C=O) groups excluding carboxylic acids is 1. The fourth-order valence-corrected chi connectivity index (χ4v) is 3.75. The van der Waals surface area contributed by atoms with Crippen LogP contribution in [0.1, 0.15) is 112 Å². The van der Waals surface area contributed by atoms with Crippen LogP contribution in [0.25, 0.3) is 0 Å². The normalized spacial score (nSPS) is 10.6. The third-order valence-electron chi connectivity index (χ3n) is 5.47. The maximum atomic E-state index is 14.1. The van der Waals surface area contributed by atoms with Crippen LogP contribution < -0.4 is 5.73 Å². The predicted octanol–water partition coefficient (Wildman–Crippen LogP) is 7.44. The number of rotatable bonds is 5. The highest BCUT2D eigenvalue weighted by molar-refractivity contribution is 5.64. The zero-order valence-corrected chi connectivity index (χ0v) is 21.0. The SMILES string of the molecule is CC(C)c1cc(C#N)c(F)c(C(C)C)c1N.CC(C)c1cc(C#N)c(F)c(C(C)C)c1N=C=O. The number of nitrogen functional groups attached to an aromatic ring is 1. The van der Waals surface area contributed by atoms with E-state index in [9.17, 15) is 13.6 Å². The lowest BCUT2D eigenvalue weighted by Crippen LogP contribution is -2.07. The Morgan fingerprint density at radius 2 is 1.18 bits per heavy atom. The number of isocyanates is 1. The van der Waals surface area contributed by atoms with Crippen molar-refractivity contribution in [1.29, 1.82) is 10.5 Å². The Morgan fingerprint density at radius 3 is 1.53 bits per heavy atom. The fourth-order valence-electron chi connectivity index (χ4n) is 3.75. The van der Waals surface area contributed by atoms with Crippen molar-refractivity contribution in [3.8, 4) is 12.1 Å². The number of benzene rings is 2. The van der Waals surface area contributed by atoms with E-state index in [4.69, 9.17) is 16.3 Å². The number of nitrogens with two attached hydrogens (primary N) is 1. The van der Waals surface area contributed by atoms with Crippen LogP contribution in [0.4, 0.5) is 20.2 Å². The Balaban J connectivity index is 0.000000342. The zero-order chi connectivity index (χ0) is 26.3. The zero-order valence-electron chi connectivity index (χ0n) is 21.0. The number of aliphatic imine (C=N–C) groups is 1. The summed E-state index contributed by atoms with van der Waals surface area (Å²) in [7, 11) is 0. The molecule has 0 spiro atoms. The van der Waals surface area contributed by atoms with Gasteiger partial charge in [-0.25, -0.2) is 13.6 Å². The van der Waals surface area contributed by atoms with Gasteiger partial charge >= 0.3 is 0 Å². The monoisotopic (exact) mass is 466 g/mol. The van der Waals surface area contributed by atoms with Crippen LogP contribution in [0, 0.1) is 34.3 Å². The molecule has 0 saturated carbocycles. The summed E-state index contributed by atoms with van der Waals surface area (Å²) >= 11 is 0. The average molecular weight is 467 g/mol. The summed E-state index contributed by atoms with van der Waals surface area (Å²) in [6.07, 6.45) is 1.46. The molecule has 0 radical (unpaired) electrons. The van der Waals surface area contributed by atoms with Gasteiger partial charge in [0.1, 0.15) is 23.8 Å². The molecule has 7 heteroatoms. The minimum atomic E-state index is -0.592. The van der Waals surface area contributed by atoms with Crippen molar-refractivity contribution in [1.82, 2.24) is 0 Å². The summed E-state index contributed by atoms with van der Waals surface area (Å²) in [6, 6.07) is 6.74. The van der Waals surface area contributed by atoms with Crippen molar-refractivity contribution in [3.63, 3.8) is 0 Å². The van der Waals surface area contributed by atoms with Crippen LogP contribution in [0.5, 0.6) is 0 Å². The third kappa shape index (κ3) is 6.07. The van der Waals surface area contributed by atoms with E-state index in [2.05, 4.69) is 4.99 Å². The molecule has 0 saturated heterocycles. The van der Waals surface area contributed by atoms with Gasteiger partial charge in [-0.15, -0.1) is 0 Å². The van der Waals surface area contributed by atoms with Gasteiger partial charge in [-0.05, 0) is 46.9 Å². The van der Waals surface area contributed by atoms with Gasteiger partial charge in [-0.3, -0.25) is 0 Å². The molecule has 34 heavy (non-hydrogen) atoms.